The third-order valence-corrected chi connectivity index (χ3v) is 15.3. The minimum Gasteiger partial charge on any atom is -0.488 e. The Morgan fingerprint density at radius 2 is 0.975 bits per heavy atom. The van der Waals surface area contributed by atoms with Gasteiger partial charge in [-0.15, -0.1) is 0 Å². The second-order valence-electron chi connectivity index (χ2n) is 19.8. The first-order chi connectivity index (χ1) is 37.9. The molecule has 468 valence electrons. The number of hydrogen-bond donors (Lipinski definition) is 17. The first-order valence-corrected chi connectivity index (χ1v) is 27.5. The van der Waals surface area contributed by atoms with Crippen LogP contribution in [0.1, 0.15) is 13.8 Å². The number of carboxylic acids is 2. The molecular weight excluding hydrogens is 1160 g/mol. The summed E-state index contributed by atoms with van der Waals surface area (Å²) in [5.41, 5.74) is 0. The van der Waals surface area contributed by atoms with Crippen LogP contribution in [0.2, 0.25) is 0 Å². The van der Waals surface area contributed by atoms with Crippen molar-refractivity contribution in [3.05, 3.63) is 23.4 Å². The number of hydrogen-bond acceptors (Lipinski definition) is 32. The third-order valence-electron chi connectivity index (χ3n) is 14.3. The van der Waals surface area contributed by atoms with Gasteiger partial charge in [0.2, 0.25) is 24.1 Å². The second kappa shape index (κ2) is 28.3. The van der Waals surface area contributed by atoms with Crippen LogP contribution in [0.15, 0.2) is 23.4 Å². The first-order valence-electron chi connectivity index (χ1n) is 24.8. The molecule has 0 aromatic carbocycles. The molecule has 17 N–H and O–H groups in total. The lowest BCUT2D eigenvalue weighted by Crippen LogP contribution is -2.59. The fraction of sp³-hybridized carbons (Fsp3) is 0.860. The average Bonchev–Trinajstić information content (AvgIpc) is 3.42. The lowest BCUT2D eigenvalue weighted by atomic mass is 9.79. The van der Waals surface area contributed by atoms with Crippen LogP contribution in [-0.2, 0) is 90.9 Å². The van der Waals surface area contributed by atoms with Gasteiger partial charge in [-0.3, -0.25) is 9.11 Å². The molecule has 0 aliphatic carbocycles. The van der Waals surface area contributed by atoms with Crippen molar-refractivity contribution in [2.45, 2.75) is 149 Å². The molecule has 6 rings (SSSR count). The zero-order valence-electron chi connectivity index (χ0n) is 42.6. The fourth-order valence-corrected chi connectivity index (χ4v) is 10.9. The van der Waals surface area contributed by atoms with E-state index in [0.29, 0.717) is 6.08 Å². The molecule has 6 aliphatic heterocycles. The predicted molar refractivity (Wildman–Crippen MR) is 249 cm³/mol. The van der Waals surface area contributed by atoms with Crippen LogP contribution < -0.4 is 0 Å². The molecule has 0 saturated carbocycles. The van der Waals surface area contributed by atoms with Gasteiger partial charge in [-0.1, -0.05) is 0 Å². The van der Waals surface area contributed by atoms with Crippen LogP contribution in [-0.4, -0.2) is 309 Å². The highest BCUT2D eigenvalue weighted by Crippen LogP contribution is 2.38. The summed E-state index contributed by atoms with van der Waals surface area (Å²) in [5, 5.41) is 160. The summed E-state index contributed by atoms with van der Waals surface area (Å²) in [6.07, 6.45) is -38.3. The number of carboxylic acid groups (broad SMARTS) is 2. The van der Waals surface area contributed by atoms with Gasteiger partial charge in [0, 0.05) is 23.7 Å². The van der Waals surface area contributed by atoms with Crippen molar-refractivity contribution in [3.63, 3.8) is 0 Å². The second-order valence-corrected chi connectivity index (χ2v) is 21.9. The van der Waals surface area contributed by atoms with Gasteiger partial charge >= 0.3 is 32.7 Å². The van der Waals surface area contributed by atoms with E-state index in [-0.39, 0.29) is 0 Å². The Hall–Kier alpha value is -3.28. The Morgan fingerprint density at radius 1 is 0.506 bits per heavy atom. The standard InChI is InChI=1S/C43H68O36S2/c1-13-26(47)35(78-80(61,62)63)31(52)24(72-13)10-67-6-16-15(8-70-42-30(51)19(46)3-20(76-42)39(56)57)23(74-21(4-44)28(16)49)12-69-37-33(54)34(55)43(77-38(37)40(58)59)71-9-18-17(29(50)22(5-45)75-41(18)60)7-68-11-25-32(53)36(79-81(64,65)66)27(48)14(2)73-25/h3,13-19,21-36,41-55,60H,4-12H2,1-2H3,(H,56,57)(H,58,59)(H,61,62,63)(H,64,65,66)/t13?,14?,15?,16?,17?,18?,19?,21?,22?,23-,24-,25-,26-,27-,28+,29+,30?,31?,32?,33?,34?,35?,36?,41?,42+,43+/m0/s1. The van der Waals surface area contributed by atoms with E-state index in [1.807, 2.05) is 0 Å². The molecule has 36 nitrogen and oxygen atoms in total. The van der Waals surface area contributed by atoms with Crippen molar-refractivity contribution >= 4 is 32.7 Å². The van der Waals surface area contributed by atoms with E-state index in [0.717, 1.165) is 0 Å². The SMILES string of the molecule is CC1O[C@@H](COCC2C(CO[C@@H]3OC(C(=O)O)=C(OC[C@@H]4OC(CO)[C@H](O)C(COC[C@@H]5OC(C)[C@H](O)C(OS(=O)(=O)O)C5O)C4CO[C@@H]4OC(C(=O)O)=CC(O)C4O)C(O)C3O)C(O)OC(CO)[C@@H]2O)C(O)C(OS(=O)(=O)O)[C@H]1O. The lowest BCUT2D eigenvalue weighted by Gasteiger charge is -2.46. The summed E-state index contributed by atoms with van der Waals surface area (Å²) in [6, 6.07) is 0. The molecule has 81 heavy (non-hydrogen) atoms. The summed E-state index contributed by atoms with van der Waals surface area (Å²) < 4.78 is 135. The largest absolute Gasteiger partial charge is 0.488 e. The third kappa shape index (κ3) is 16.4. The van der Waals surface area contributed by atoms with Gasteiger partial charge in [-0.25, -0.2) is 18.0 Å². The molecule has 0 aromatic heterocycles. The number of aliphatic hydroxyl groups excluding tert-OH is 13. The van der Waals surface area contributed by atoms with E-state index in [2.05, 4.69) is 8.37 Å². The molecule has 0 spiro atoms. The van der Waals surface area contributed by atoms with Crippen molar-refractivity contribution in [1.29, 1.82) is 0 Å². The van der Waals surface area contributed by atoms with Crippen LogP contribution in [0.3, 0.4) is 0 Å². The highest BCUT2D eigenvalue weighted by molar-refractivity contribution is 7.81. The van der Waals surface area contributed by atoms with E-state index < -0.39 is 268 Å². The van der Waals surface area contributed by atoms with Crippen LogP contribution in [0.25, 0.3) is 0 Å². The van der Waals surface area contributed by atoms with Crippen molar-refractivity contribution in [1.82, 2.24) is 0 Å². The van der Waals surface area contributed by atoms with Crippen LogP contribution in [0.4, 0.5) is 0 Å². The zero-order chi connectivity index (χ0) is 60.2. The number of carbonyl (C=O) groups is 2. The minimum absolute atomic E-state index is 0.584. The monoisotopic (exact) mass is 1220 g/mol. The minimum atomic E-state index is -5.23. The van der Waals surface area contributed by atoms with Crippen LogP contribution in [0, 0.1) is 23.7 Å². The molecular formula is C43H68O36S2. The maximum atomic E-state index is 12.7. The normalized spacial score (nSPS) is 42.6. The van der Waals surface area contributed by atoms with E-state index >= 15 is 0 Å². The van der Waals surface area contributed by atoms with Crippen molar-refractivity contribution in [2.24, 2.45) is 23.7 Å². The van der Waals surface area contributed by atoms with E-state index in [4.69, 9.17) is 52.1 Å². The predicted octanol–water partition coefficient (Wildman–Crippen LogP) is -9.46. The van der Waals surface area contributed by atoms with Crippen LogP contribution >= 0.6 is 0 Å². The summed E-state index contributed by atoms with van der Waals surface area (Å²) in [4.78, 5) is 24.5. The van der Waals surface area contributed by atoms with Gasteiger partial charge < -0.3 is 129 Å². The molecule has 17 unspecified atom stereocenters. The molecule has 4 saturated heterocycles. The zero-order valence-corrected chi connectivity index (χ0v) is 44.3. The van der Waals surface area contributed by atoms with Gasteiger partial charge in [-0.05, 0) is 19.9 Å². The lowest BCUT2D eigenvalue weighted by molar-refractivity contribution is -0.287. The summed E-state index contributed by atoms with van der Waals surface area (Å²) in [6.45, 7) is -4.19. The Labute approximate surface area is 459 Å². The summed E-state index contributed by atoms with van der Waals surface area (Å²) in [7, 11) is -10.4. The Morgan fingerprint density at radius 3 is 1.44 bits per heavy atom. The smallest absolute Gasteiger partial charge is 0.397 e. The van der Waals surface area contributed by atoms with Gasteiger partial charge in [0.15, 0.2) is 12.0 Å². The van der Waals surface area contributed by atoms with Crippen LogP contribution in [0.5, 0.6) is 0 Å². The van der Waals surface area contributed by atoms with E-state index in [1.54, 1.807) is 0 Å². The van der Waals surface area contributed by atoms with Gasteiger partial charge in [0.1, 0.15) is 92.1 Å². The molecule has 0 aromatic rings. The molecule has 6 aliphatic rings. The van der Waals surface area contributed by atoms with Gasteiger partial charge in [0.05, 0.1) is 83.4 Å². The maximum absolute atomic E-state index is 12.7. The molecule has 0 radical (unpaired) electrons. The quantitative estimate of drug-likeness (QED) is 0.0378. The summed E-state index contributed by atoms with van der Waals surface area (Å²) in [5.74, 6) is -12.1. The van der Waals surface area contributed by atoms with E-state index in [1.165, 1.54) is 13.8 Å². The number of aliphatic carboxylic acids is 2. The Bertz CT molecular complexity index is 2380. The first kappa shape index (κ1) is 66.9. The number of ether oxygens (including phenoxy) is 11. The molecule has 38 heteroatoms. The average molecular weight is 1230 g/mol. The van der Waals surface area contributed by atoms with E-state index in [9.17, 15) is 112 Å². The van der Waals surface area contributed by atoms with Crippen molar-refractivity contribution in [3.8, 4) is 0 Å². The molecule has 4 fully saturated rings. The molecule has 0 bridgehead atoms. The van der Waals surface area contributed by atoms with Crippen molar-refractivity contribution in [2.75, 3.05) is 59.5 Å². The molecule has 6 heterocycles. The topological polar surface area (TPSA) is 566 Å². The Balaban J connectivity index is 1.19. The summed E-state index contributed by atoms with van der Waals surface area (Å²) >= 11 is 0. The van der Waals surface area contributed by atoms with Crippen molar-refractivity contribution < 1.29 is 173 Å². The Kier molecular flexibility index (Phi) is 23.3. The number of rotatable bonds is 25. The fourth-order valence-electron chi connectivity index (χ4n) is 9.93. The number of aliphatic hydroxyl groups is 13. The highest BCUT2D eigenvalue weighted by Gasteiger charge is 2.52. The molecule has 26 atom stereocenters. The maximum Gasteiger partial charge on any atom is 0.397 e. The highest BCUT2D eigenvalue weighted by atomic mass is 32.3. The van der Waals surface area contributed by atoms with Gasteiger partial charge in [0.25, 0.3) is 0 Å². The van der Waals surface area contributed by atoms with Gasteiger partial charge in [-0.2, -0.15) is 16.8 Å². The molecule has 0 amide bonds.